The van der Waals surface area contributed by atoms with Crippen molar-refractivity contribution < 1.29 is 4.79 Å². The Bertz CT molecular complexity index is 871. The predicted molar refractivity (Wildman–Crippen MR) is 92.7 cm³/mol. The minimum Gasteiger partial charge on any atom is -0.340 e. The second-order valence-electron chi connectivity index (χ2n) is 6.37. The van der Waals surface area contributed by atoms with Gasteiger partial charge in [0.2, 0.25) is 0 Å². The van der Waals surface area contributed by atoms with Crippen LogP contribution in [0.1, 0.15) is 47.2 Å². The van der Waals surface area contributed by atoms with Crippen LogP contribution in [-0.4, -0.2) is 32.3 Å². The third kappa shape index (κ3) is 2.66. The fourth-order valence-electron chi connectivity index (χ4n) is 3.40. The molecule has 1 unspecified atom stereocenters. The van der Waals surface area contributed by atoms with Gasteiger partial charge < -0.3 is 9.88 Å². The highest BCUT2D eigenvalue weighted by Gasteiger charge is 2.31. The van der Waals surface area contributed by atoms with Crippen molar-refractivity contribution in [1.29, 1.82) is 0 Å². The van der Waals surface area contributed by atoms with E-state index in [1.807, 2.05) is 23.1 Å². The predicted octanol–water partition coefficient (Wildman–Crippen LogP) is 3.63. The molecule has 1 aromatic carbocycles. The number of hydrogen-bond acceptors (Lipinski definition) is 3. The van der Waals surface area contributed by atoms with Crippen LogP contribution in [0, 0.1) is 6.92 Å². The maximum absolute atomic E-state index is 12.9. The maximum Gasteiger partial charge on any atom is 0.273 e. The monoisotopic (exact) mass is 320 g/mol. The number of imidazole rings is 1. The summed E-state index contributed by atoms with van der Waals surface area (Å²) in [6.07, 6.45) is 4.72. The molecule has 4 rings (SSSR count). The number of carbonyl (C=O) groups excluding carboxylic acids is 1. The van der Waals surface area contributed by atoms with Gasteiger partial charge in [-0.1, -0.05) is 12.1 Å². The quantitative estimate of drug-likeness (QED) is 0.784. The Kier molecular flexibility index (Phi) is 3.76. The molecular formula is C19H20N4O. The number of piperidine rings is 1. The molecule has 1 fully saturated rings. The standard InChI is InChI=1S/C19H20N4O/c1-13-8-9-14-16(12-13)22-18(21-14)17-7-3-5-11-23(17)19(24)15-6-2-4-10-20-15/h2,4,6,8-10,12,17H,3,5,7,11H2,1H3,(H,21,22). The molecule has 1 saturated heterocycles. The first kappa shape index (κ1) is 14.9. The number of aryl methyl sites for hydroxylation is 1. The molecule has 122 valence electrons. The van der Waals surface area contributed by atoms with Crippen LogP contribution in [-0.2, 0) is 0 Å². The zero-order chi connectivity index (χ0) is 16.5. The van der Waals surface area contributed by atoms with E-state index < -0.39 is 0 Å². The number of amides is 1. The molecule has 1 aliphatic heterocycles. The molecule has 1 N–H and O–H groups in total. The van der Waals surface area contributed by atoms with E-state index in [1.54, 1.807) is 12.3 Å². The van der Waals surface area contributed by atoms with Crippen LogP contribution >= 0.6 is 0 Å². The van der Waals surface area contributed by atoms with Crippen LogP contribution in [0.3, 0.4) is 0 Å². The van der Waals surface area contributed by atoms with Crippen LogP contribution in [0.5, 0.6) is 0 Å². The van der Waals surface area contributed by atoms with Crippen molar-refractivity contribution in [3.63, 3.8) is 0 Å². The van der Waals surface area contributed by atoms with Crippen LogP contribution < -0.4 is 0 Å². The summed E-state index contributed by atoms with van der Waals surface area (Å²) in [6, 6.07) is 11.6. The largest absolute Gasteiger partial charge is 0.340 e. The summed E-state index contributed by atoms with van der Waals surface area (Å²) in [4.78, 5) is 27.2. The average Bonchev–Trinajstić information content (AvgIpc) is 3.05. The first-order valence-corrected chi connectivity index (χ1v) is 8.40. The Morgan fingerprint density at radius 3 is 3.00 bits per heavy atom. The molecule has 3 aromatic rings. The van der Waals surface area contributed by atoms with Gasteiger partial charge in [-0.2, -0.15) is 0 Å². The lowest BCUT2D eigenvalue weighted by molar-refractivity contribution is 0.0595. The normalized spacial score (nSPS) is 18.0. The number of nitrogens with one attached hydrogen (secondary N) is 1. The lowest BCUT2D eigenvalue weighted by Crippen LogP contribution is -2.39. The minimum absolute atomic E-state index is 0.0130. The van der Waals surface area contributed by atoms with Crippen molar-refractivity contribution in [3.8, 4) is 0 Å². The fraction of sp³-hybridized carbons (Fsp3) is 0.316. The lowest BCUT2D eigenvalue weighted by Gasteiger charge is -2.34. The number of carbonyl (C=O) groups is 1. The van der Waals surface area contributed by atoms with E-state index in [9.17, 15) is 4.79 Å². The first-order valence-electron chi connectivity index (χ1n) is 8.40. The van der Waals surface area contributed by atoms with Crippen LogP contribution in [0.25, 0.3) is 11.0 Å². The molecule has 0 aliphatic carbocycles. The van der Waals surface area contributed by atoms with Crippen molar-refractivity contribution in [2.45, 2.75) is 32.2 Å². The van der Waals surface area contributed by atoms with Crippen LogP contribution in [0.2, 0.25) is 0 Å². The molecule has 5 heteroatoms. The van der Waals surface area contributed by atoms with E-state index in [2.05, 4.69) is 29.0 Å². The van der Waals surface area contributed by atoms with E-state index in [0.29, 0.717) is 5.69 Å². The van der Waals surface area contributed by atoms with Gasteiger partial charge in [-0.15, -0.1) is 0 Å². The Balaban J connectivity index is 1.69. The number of aromatic amines is 1. The Morgan fingerprint density at radius 2 is 2.17 bits per heavy atom. The molecule has 0 bridgehead atoms. The Labute approximate surface area is 140 Å². The highest BCUT2D eigenvalue weighted by molar-refractivity contribution is 5.92. The second-order valence-corrected chi connectivity index (χ2v) is 6.37. The number of nitrogens with zero attached hydrogens (tertiary/aromatic N) is 3. The fourth-order valence-corrected chi connectivity index (χ4v) is 3.40. The van der Waals surface area contributed by atoms with Gasteiger partial charge in [0.15, 0.2) is 0 Å². The zero-order valence-electron chi connectivity index (χ0n) is 13.7. The molecule has 0 saturated carbocycles. The minimum atomic E-state index is -0.0167. The molecule has 1 amide bonds. The molecule has 1 atom stereocenters. The topological polar surface area (TPSA) is 61.9 Å². The van der Waals surface area contributed by atoms with Crippen LogP contribution in [0.15, 0.2) is 42.6 Å². The lowest BCUT2D eigenvalue weighted by atomic mass is 10.0. The molecular weight excluding hydrogens is 300 g/mol. The number of hydrogen-bond donors (Lipinski definition) is 1. The van der Waals surface area contributed by atoms with Crippen molar-refractivity contribution in [1.82, 2.24) is 19.9 Å². The first-order chi connectivity index (χ1) is 11.7. The number of pyridine rings is 1. The van der Waals surface area contributed by atoms with Gasteiger partial charge in [0.05, 0.1) is 17.1 Å². The molecule has 5 nitrogen and oxygen atoms in total. The van der Waals surface area contributed by atoms with Gasteiger partial charge in [0.1, 0.15) is 11.5 Å². The van der Waals surface area contributed by atoms with E-state index in [-0.39, 0.29) is 11.9 Å². The zero-order valence-corrected chi connectivity index (χ0v) is 13.7. The van der Waals surface area contributed by atoms with Gasteiger partial charge in [-0.25, -0.2) is 4.98 Å². The molecule has 2 aromatic heterocycles. The van der Waals surface area contributed by atoms with E-state index in [4.69, 9.17) is 4.98 Å². The third-order valence-electron chi connectivity index (χ3n) is 4.62. The second kappa shape index (κ2) is 6.07. The van der Waals surface area contributed by atoms with Gasteiger partial charge >= 0.3 is 0 Å². The Morgan fingerprint density at radius 1 is 1.25 bits per heavy atom. The number of benzene rings is 1. The van der Waals surface area contributed by atoms with E-state index in [1.165, 1.54) is 5.56 Å². The summed E-state index contributed by atoms with van der Waals surface area (Å²) >= 11 is 0. The molecule has 0 spiro atoms. The average molecular weight is 320 g/mol. The van der Waals surface area contributed by atoms with E-state index >= 15 is 0 Å². The summed E-state index contributed by atoms with van der Waals surface area (Å²) in [7, 11) is 0. The van der Waals surface area contributed by atoms with Crippen molar-refractivity contribution in [3.05, 3.63) is 59.7 Å². The summed E-state index contributed by atoms with van der Waals surface area (Å²) in [5, 5.41) is 0. The summed E-state index contributed by atoms with van der Waals surface area (Å²) in [5.41, 5.74) is 3.67. The van der Waals surface area contributed by atoms with Crippen molar-refractivity contribution in [2.24, 2.45) is 0 Å². The number of fused-ring (bicyclic) bond motifs is 1. The smallest absolute Gasteiger partial charge is 0.273 e. The summed E-state index contributed by atoms with van der Waals surface area (Å²) in [6.45, 7) is 2.81. The number of likely N-dealkylation sites (tertiary alicyclic amines) is 1. The number of H-pyrrole nitrogens is 1. The highest BCUT2D eigenvalue weighted by atomic mass is 16.2. The van der Waals surface area contributed by atoms with Gasteiger partial charge in [0.25, 0.3) is 5.91 Å². The third-order valence-corrected chi connectivity index (χ3v) is 4.62. The van der Waals surface area contributed by atoms with Gasteiger partial charge in [0, 0.05) is 12.7 Å². The van der Waals surface area contributed by atoms with Crippen molar-refractivity contribution in [2.75, 3.05) is 6.54 Å². The summed E-state index contributed by atoms with van der Waals surface area (Å²) in [5.74, 6) is 0.858. The molecule has 24 heavy (non-hydrogen) atoms. The van der Waals surface area contributed by atoms with Crippen LogP contribution in [0.4, 0.5) is 0 Å². The molecule has 0 radical (unpaired) electrons. The molecule has 1 aliphatic rings. The van der Waals surface area contributed by atoms with E-state index in [0.717, 1.165) is 42.7 Å². The highest BCUT2D eigenvalue weighted by Crippen LogP contribution is 2.31. The number of aromatic nitrogens is 3. The van der Waals surface area contributed by atoms with Crippen molar-refractivity contribution >= 4 is 16.9 Å². The van der Waals surface area contributed by atoms with Gasteiger partial charge in [-0.3, -0.25) is 9.78 Å². The maximum atomic E-state index is 12.9. The number of rotatable bonds is 2. The molecule has 3 heterocycles. The van der Waals surface area contributed by atoms with Gasteiger partial charge in [-0.05, 0) is 56.0 Å². The Hall–Kier alpha value is -2.69. The SMILES string of the molecule is Cc1ccc2nc(C3CCCCN3C(=O)c3ccccn3)[nH]c2c1. The summed E-state index contributed by atoms with van der Waals surface area (Å²) < 4.78 is 0.